The third-order valence-corrected chi connectivity index (χ3v) is 17.4. The van der Waals surface area contributed by atoms with Crippen LogP contribution >= 0.6 is 0 Å². The summed E-state index contributed by atoms with van der Waals surface area (Å²) >= 11 is 0. The van der Waals surface area contributed by atoms with Gasteiger partial charge in [0.2, 0.25) is 94.5 Å². The predicted octanol–water partition coefficient (Wildman–Crippen LogP) is -5.31. The summed E-state index contributed by atoms with van der Waals surface area (Å²) in [6, 6.07) is -2.61. The second-order valence-electron chi connectivity index (χ2n) is 28.1. The van der Waals surface area contributed by atoms with Crippen LogP contribution in [-0.2, 0) is 96.0 Å². The van der Waals surface area contributed by atoms with Gasteiger partial charge in [-0.15, -0.1) is 0 Å². The zero-order chi connectivity index (χ0) is 80.9. The van der Waals surface area contributed by atoms with Crippen molar-refractivity contribution in [2.45, 2.75) is 193 Å². The third-order valence-electron chi connectivity index (χ3n) is 17.4. The summed E-state index contributed by atoms with van der Waals surface area (Å²) in [6.45, 7) is 11.9. The molecule has 0 aliphatic carbocycles. The lowest BCUT2D eigenvalue weighted by atomic mass is 9.99. The summed E-state index contributed by atoms with van der Waals surface area (Å²) in [5, 5.41) is 54.0. The molecule has 596 valence electrons. The molecule has 0 bridgehead atoms. The summed E-state index contributed by atoms with van der Waals surface area (Å²) in [5.74, 6) is -14.8. The van der Waals surface area contributed by atoms with Crippen LogP contribution in [0.2, 0.25) is 0 Å². The Kier molecular flexibility index (Phi) is 34.5. The number of likely N-dealkylation sites (tertiary alicyclic amines) is 1. The quantitative estimate of drug-likeness (QED) is 0.0197. The first-order valence-corrected chi connectivity index (χ1v) is 35.8. The van der Waals surface area contributed by atoms with Crippen LogP contribution in [0.4, 0.5) is 0 Å². The highest BCUT2D eigenvalue weighted by Gasteiger charge is 2.39. The van der Waals surface area contributed by atoms with Crippen LogP contribution in [0.3, 0.4) is 0 Å². The number of aliphatic hydroxyl groups is 1. The average Bonchev–Trinajstić information content (AvgIpc) is 1.73. The molecule has 1 fully saturated rings. The summed E-state index contributed by atoms with van der Waals surface area (Å²) in [4.78, 5) is 227. The molecule has 0 radical (unpaired) electrons. The van der Waals surface area contributed by atoms with E-state index in [1.165, 1.54) is 62.5 Å². The molecular formula is C71H104N20O18. The van der Waals surface area contributed by atoms with Gasteiger partial charge in [-0.3, -0.25) is 76.7 Å². The number of nitrogens with one attached hydrogen (secondary N) is 15. The van der Waals surface area contributed by atoms with E-state index < -0.39 is 200 Å². The Balaban J connectivity index is 1.19. The first-order valence-electron chi connectivity index (χ1n) is 35.8. The number of para-hydroxylation sites is 1. The summed E-state index contributed by atoms with van der Waals surface area (Å²) in [7, 11) is 0. The number of hydrogen-bond donors (Lipinski definition) is 20. The lowest BCUT2D eigenvalue weighted by molar-refractivity contribution is -0.140. The van der Waals surface area contributed by atoms with Crippen LogP contribution in [0.5, 0.6) is 5.75 Å². The lowest BCUT2D eigenvalue weighted by Crippen LogP contribution is -2.61. The highest BCUT2D eigenvalue weighted by atomic mass is 16.3. The van der Waals surface area contributed by atoms with Gasteiger partial charge in [-0.05, 0) is 100.0 Å². The monoisotopic (exact) mass is 1520 g/mol. The number of imidazole rings is 1. The molecule has 2 aromatic heterocycles. The molecule has 38 nitrogen and oxygen atoms in total. The molecule has 2 aromatic carbocycles. The molecule has 0 unspecified atom stereocenters. The normalized spacial score (nSPS) is 15.7. The van der Waals surface area contributed by atoms with Gasteiger partial charge in [0.1, 0.15) is 72.2 Å². The van der Waals surface area contributed by atoms with Crippen molar-refractivity contribution in [1.29, 1.82) is 0 Å². The van der Waals surface area contributed by atoms with E-state index in [2.05, 4.69) is 84.1 Å². The van der Waals surface area contributed by atoms with Crippen molar-refractivity contribution in [2.24, 2.45) is 35.0 Å². The minimum atomic E-state index is -1.76. The number of rotatable bonds is 43. The fourth-order valence-corrected chi connectivity index (χ4v) is 11.8. The number of phenolic OH excluding ortho intramolecular Hbond substituents is 1. The van der Waals surface area contributed by atoms with E-state index in [-0.39, 0.29) is 75.0 Å². The Morgan fingerprint density at radius 2 is 1.02 bits per heavy atom. The van der Waals surface area contributed by atoms with Gasteiger partial charge in [0.25, 0.3) is 0 Å². The molecule has 0 saturated carbocycles. The number of carbonyl (C=O) groups excluding carboxylic acids is 16. The van der Waals surface area contributed by atoms with Crippen molar-refractivity contribution in [2.75, 3.05) is 32.7 Å². The molecular weight excluding hydrogens is 1420 g/mol. The SMILES string of the molecule is CC(C)C[C@H](NC(=O)[C@H](CC(C)C)NC(=O)[C@H](Cc1ccc(O)cc1)NC(=O)CNC(=O)[C@H](C)NC(=O)[C@H](C)NC(=O)[C@H](CC(N)=O)NC(=O)[C@H](CC(C)C)NC(=O)[C@@H](NC(=O)[C@H](Cc1c[nH]c2ccccc12)NC(=O)CN)[C@@H](C)O)C(=O)NCC(=O)N1CCC[C@H]1C(=O)N[C@@H](Cc1cnc[nH]1)C(=O)NCC(N)=O. The number of aromatic hydroxyl groups is 1. The van der Waals surface area contributed by atoms with Gasteiger partial charge in [0, 0.05) is 54.8 Å². The van der Waals surface area contributed by atoms with E-state index >= 15 is 0 Å². The maximum atomic E-state index is 14.4. The predicted molar refractivity (Wildman–Crippen MR) is 393 cm³/mol. The molecule has 16 amide bonds. The van der Waals surface area contributed by atoms with E-state index in [9.17, 15) is 86.9 Å². The molecule has 1 saturated heterocycles. The van der Waals surface area contributed by atoms with Gasteiger partial charge < -0.3 is 111 Å². The first-order chi connectivity index (χ1) is 51.4. The van der Waals surface area contributed by atoms with E-state index in [4.69, 9.17) is 17.2 Å². The topological polar surface area (TPSA) is 596 Å². The number of carbonyl (C=O) groups is 16. The number of amides is 16. The smallest absolute Gasteiger partial charge is 0.245 e. The number of hydrogen-bond acceptors (Lipinski definition) is 20. The zero-order valence-corrected chi connectivity index (χ0v) is 62.5. The van der Waals surface area contributed by atoms with Crippen LogP contribution < -0.4 is 86.3 Å². The number of H-pyrrole nitrogens is 2. The van der Waals surface area contributed by atoms with Gasteiger partial charge in [-0.2, -0.15) is 0 Å². The number of aromatic amines is 2. The third kappa shape index (κ3) is 28.9. The van der Waals surface area contributed by atoms with Gasteiger partial charge in [0.05, 0.1) is 45.0 Å². The average molecular weight is 1530 g/mol. The molecule has 1 aliphatic heterocycles. The standard InChI is InChI=1S/C71H104N20O18/c1-35(2)21-47(63(101)79-33-59(98)91-20-12-15-54(91)70(108)88-52(26-43-30-75-34-80-43)64(102)77-31-56(74)95)85-66(104)48(22-36(3)4)86-68(106)50(24-41-16-18-44(93)19-17-41)84-58(97)32-78-61(99)38(7)81-62(100)39(8)82-65(103)53(27-55(73)94)87-67(105)49(23-37(5)6)89-71(109)60(40(9)92)90-69(107)51(83-57(96)28-72)25-42-29-76-46-14-11-10-13-45(42)46/h10-11,13-14,16-19,29-30,34-40,47-54,60,76,92-93H,12,15,20-28,31-33,72H2,1-9H3,(H2,73,94)(H2,74,95)(H,75,80)(H,77,102)(H,78,99)(H,79,101)(H,81,100)(H,82,103)(H,83,96)(H,84,97)(H,85,104)(H,86,106)(H,87,105)(H,88,108)(H,89,109)(H,90,107)/t38-,39-,40+,47-,48-,49-,50-,51-,52-,53-,54-,60-/m0/s1. The number of aliphatic hydroxyl groups excluding tert-OH is 1. The highest BCUT2D eigenvalue weighted by molar-refractivity contribution is 6.01. The van der Waals surface area contributed by atoms with E-state index in [1.807, 2.05) is 6.07 Å². The number of fused-ring (bicyclic) bond motifs is 1. The van der Waals surface area contributed by atoms with Crippen LogP contribution in [0.25, 0.3) is 10.9 Å². The molecule has 1 aliphatic rings. The summed E-state index contributed by atoms with van der Waals surface area (Å²) < 4.78 is 0. The Hall–Kier alpha value is -11.6. The Morgan fingerprint density at radius 1 is 0.514 bits per heavy atom. The van der Waals surface area contributed by atoms with Crippen molar-refractivity contribution >= 4 is 105 Å². The lowest BCUT2D eigenvalue weighted by Gasteiger charge is -2.28. The second kappa shape index (κ2) is 42.7. The van der Waals surface area contributed by atoms with Crippen molar-refractivity contribution < 1.29 is 86.9 Å². The van der Waals surface area contributed by atoms with Crippen LogP contribution in [0.15, 0.2) is 67.3 Å². The number of nitrogens with two attached hydrogens (primary N) is 3. The fraction of sp³-hybridized carbons (Fsp3) is 0.535. The van der Waals surface area contributed by atoms with Gasteiger partial charge in [-0.25, -0.2) is 4.98 Å². The van der Waals surface area contributed by atoms with E-state index in [0.29, 0.717) is 23.2 Å². The molecule has 12 atom stereocenters. The van der Waals surface area contributed by atoms with Gasteiger partial charge in [0.15, 0.2) is 0 Å². The van der Waals surface area contributed by atoms with Crippen LogP contribution in [0.1, 0.15) is 118 Å². The number of nitrogens with zero attached hydrogens (tertiary/aromatic N) is 2. The Morgan fingerprint density at radius 3 is 1.60 bits per heavy atom. The maximum absolute atomic E-state index is 14.4. The van der Waals surface area contributed by atoms with E-state index in [1.54, 1.807) is 65.9 Å². The molecule has 3 heterocycles. The van der Waals surface area contributed by atoms with Crippen molar-refractivity contribution in [1.82, 2.24) is 89.0 Å². The van der Waals surface area contributed by atoms with Crippen LogP contribution in [-0.4, -0.2) is 230 Å². The molecule has 4 aromatic rings. The number of primary amides is 2. The fourth-order valence-electron chi connectivity index (χ4n) is 11.8. The molecule has 23 N–H and O–H groups in total. The minimum Gasteiger partial charge on any atom is -0.508 e. The first kappa shape index (κ1) is 88.1. The summed E-state index contributed by atoms with van der Waals surface area (Å²) in [5.41, 5.74) is 18.5. The van der Waals surface area contributed by atoms with Gasteiger partial charge in [-0.1, -0.05) is 71.9 Å². The van der Waals surface area contributed by atoms with E-state index in [0.717, 1.165) is 10.9 Å². The maximum Gasteiger partial charge on any atom is 0.245 e. The molecule has 109 heavy (non-hydrogen) atoms. The second-order valence-corrected chi connectivity index (χ2v) is 28.1. The van der Waals surface area contributed by atoms with Crippen molar-refractivity contribution in [3.63, 3.8) is 0 Å². The summed E-state index contributed by atoms with van der Waals surface area (Å²) in [6.07, 6.45) is 2.36. The van der Waals surface area contributed by atoms with Crippen LogP contribution in [0, 0.1) is 17.8 Å². The molecule has 5 rings (SSSR count). The zero-order valence-electron chi connectivity index (χ0n) is 62.5. The van der Waals surface area contributed by atoms with Crippen molar-refractivity contribution in [3.8, 4) is 5.75 Å². The molecule has 0 spiro atoms. The molecule has 38 heteroatoms. The Bertz CT molecular complexity index is 3860. The number of aromatic nitrogens is 3. The largest absolute Gasteiger partial charge is 0.508 e. The Labute approximate surface area is 629 Å². The van der Waals surface area contributed by atoms with Gasteiger partial charge >= 0.3 is 0 Å². The highest BCUT2D eigenvalue weighted by Crippen LogP contribution is 2.22. The number of benzene rings is 2. The minimum absolute atomic E-state index is 0.0152. The van der Waals surface area contributed by atoms with Crippen molar-refractivity contribution in [3.05, 3.63) is 84.1 Å². The number of phenols is 1.